The lowest BCUT2D eigenvalue weighted by Gasteiger charge is -2.09. The van der Waals surface area contributed by atoms with Crippen LogP contribution in [0.4, 0.5) is 4.39 Å². The Morgan fingerprint density at radius 1 is 1.12 bits per heavy atom. The number of aromatic carboxylic acids is 1. The average Bonchev–Trinajstić information content (AvgIpc) is 2.57. The van der Waals surface area contributed by atoms with Gasteiger partial charge in [0, 0.05) is 11.8 Å². The Labute approximate surface area is 139 Å². The van der Waals surface area contributed by atoms with Crippen molar-refractivity contribution in [2.45, 2.75) is 13.3 Å². The number of carboxylic acids is 1. The molecule has 0 unspecified atom stereocenters. The SMILES string of the molecule is Cc1ccc(Cc2cnc(-c3ccccc3)c(F)c2)c(C(=O)O)c1. The molecule has 120 valence electrons. The number of hydrogen-bond donors (Lipinski definition) is 1. The lowest BCUT2D eigenvalue weighted by atomic mass is 9.98. The summed E-state index contributed by atoms with van der Waals surface area (Å²) in [5.41, 5.74) is 3.40. The molecule has 2 aromatic carbocycles. The molecule has 0 bridgehead atoms. The number of aromatic nitrogens is 1. The number of rotatable bonds is 4. The highest BCUT2D eigenvalue weighted by Crippen LogP contribution is 2.22. The van der Waals surface area contributed by atoms with Crippen LogP contribution in [0, 0.1) is 12.7 Å². The molecule has 3 rings (SSSR count). The molecule has 0 aliphatic rings. The van der Waals surface area contributed by atoms with Gasteiger partial charge in [-0.3, -0.25) is 4.98 Å². The molecular weight excluding hydrogens is 305 g/mol. The zero-order chi connectivity index (χ0) is 17.1. The van der Waals surface area contributed by atoms with Gasteiger partial charge in [-0.15, -0.1) is 0 Å². The highest BCUT2D eigenvalue weighted by atomic mass is 19.1. The Morgan fingerprint density at radius 3 is 2.54 bits per heavy atom. The largest absolute Gasteiger partial charge is 0.478 e. The van der Waals surface area contributed by atoms with Crippen LogP contribution < -0.4 is 0 Å². The van der Waals surface area contributed by atoms with Gasteiger partial charge in [0.25, 0.3) is 0 Å². The number of pyridine rings is 1. The third kappa shape index (κ3) is 3.33. The van der Waals surface area contributed by atoms with Crippen LogP contribution in [-0.2, 0) is 6.42 Å². The molecule has 0 saturated carbocycles. The maximum Gasteiger partial charge on any atom is 0.335 e. The summed E-state index contributed by atoms with van der Waals surface area (Å²) >= 11 is 0. The summed E-state index contributed by atoms with van der Waals surface area (Å²) in [5.74, 6) is -1.40. The zero-order valence-electron chi connectivity index (χ0n) is 13.2. The van der Waals surface area contributed by atoms with Gasteiger partial charge >= 0.3 is 5.97 Å². The minimum atomic E-state index is -0.983. The van der Waals surface area contributed by atoms with E-state index >= 15 is 0 Å². The second-order valence-electron chi connectivity index (χ2n) is 5.68. The molecule has 0 aliphatic carbocycles. The van der Waals surface area contributed by atoms with Gasteiger partial charge in [0.1, 0.15) is 11.5 Å². The van der Waals surface area contributed by atoms with E-state index in [1.165, 1.54) is 6.07 Å². The second kappa shape index (κ2) is 6.62. The third-order valence-electron chi connectivity index (χ3n) is 3.84. The Kier molecular flexibility index (Phi) is 4.38. The third-order valence-corrected chi connectivity index (χ3v) is 3.84. The fraction of sp³-hybridized carbons (Fsp3) is 0.100. The van der Waals surface area contributed by atoms with Crippen molar-refractivity contribution in [1.82, 2.24) is 4.98 Å². The number of benzene rings is 2. The molecule has 3 aromatic rings. The molecule has 1 N–H and O–H groups in total. The van der Waals surface area contributed by atoms with E-state index in [0.717, 1.165) is 5.56 Å². The highest BCUT2D eigenvalue weighted by molar-refractivity contribution is 5.89. The average molecular weight is 321 g/mol. The van der Waals surface area contributed by atoms with E-state index in [-0.39, 0.29) is 5.56 Å². The first-order chi connectivity index (χ1) is 11.5. The Hall–Kier alpha value is -3.01. The van der Waals surface area contributed by atoms with Crippen LogP contribution in [0.2, 0.25) is 0 Å². The molecule has 0 saturated heterocycles. The smallest absolute Gasteiger partial charge is 0.335 e. The molecule has 0 radical (unpaired) electrons. The van der Waals surface area contributed by atoms with Crippen LogP contribution in [-0.4, -0.2) is 16.1 Å². The van der Waals surface area contributed by atoms with Crippen molar-refractivity contribution in [2.24, 2.45) is 0 Å². The number of carboxylic acid groups (broad SMARTS) is 1. The lowest BCUT2D eigenvalue weighted by molar-refractivity contribution is 0.0695. The van der Waals surface area contributed by atoms with E-state index in [1.54, 1.807) is 30.5 Å². The summed E-state index contributed by atoms with van der Waals surface area (Å²) in [5, 5.41) is 9.33. The molecule has 24 heavy (non-hydrogen) atoms. The number of hydrogen-bond acceptors (Lipinski definition) is 2. The van der Waals surface area contributed by atoms with E-state index in [4.69, 9.17) is 0 Å². The molecule has 4 heteroatoms. The molecule has 0 amide bonds. The van der Waals surface area contributed by atoms with Gasteiger partial charge in [0.2, 0.25) is 0 Å². The topological polar surface area (TPSA) is 50.2 Å². The van der Waals surface area contributed by atoms with E-state index in [0.29, 0.717) is 28.8 Å². The monoisotopic (exact) mass is 321 g/mol. The molecule has 1 heterocycles. The van der Waals surface area contributed by atoms with Crippen LogP contribution >= 0.6 is 0 Å². The summed E-state index contributed by atoms with van der Waals surface area (Å²) in [4.78, 5) is 15.6. The van der Waals surface area contributed by atoms with Gasteiger partial charge < -0.3 is 5.11 Å². The Morgan fingerprint density at radius 2 is 1.88 bits per heavy atom. The Balaban J connectivity index is 1.93. The van der Waals surface area contributed by atoms with Crippen LogP contribution in [0.5, 0.6) is 0 Å². The maximum atomic E-state index is 14.4. The van der Waals surface area contributed by atoms with E-state index in [2.05, 4.69) is 4.98 Å². The normalized spacial score (nSPS) is 10.6. The zero-order valence-corrected chi connectivity index (χ0v) is 13.2. The van der Waals surface area contributed by atoms with Gasteiger partial charge in [0.05, 0.1) is 5.56 Å². The number of aryl methyl sites for hydroxylation is 1. The van der Waals surface area contributed by atoms with Gasteiger partial charge in [0.15, 0.2) is 0 Å². The molecule has 0 fully saturated rings. The molecule has 1 aromatic heterocycles. The van der Waals surface area contributed by atoms with Crippen LogP contribution in [0.3, 0.4) is 0 Å². The van der Waals surface area contributed by atoms with Gasteiger partial charge in [-0.1, -0.05) is 48.0 Å². The van der Waals surface area contributed by atoms with E-state index in [9.17, 15) is 14.3 Å². The van der Waals surface area contributed by atoms with Gasteiger partial charge in [-0.25, -0.2) is 9.18 Å². The summed E-state index contributed by atoms with van der Waals surface area (Å²) in [6, 6.07) is 15.8. The van der Waals surface area contributed by atoms with Crippen molar-refractivity contribution in [2.75, 3.05) is 0 Å². The van der Waals surface area contributed by atoms with Crippen LogP contribution in [0.15, 0.2) is 60.8 Å². The predicted octanol–water partition coefficient (Wildman–Crippen LogP) is 4.49. The molecule has 3 nitrogen and oxygen atoms in total. The Bertz CT molecular complexity index is 891. The quantitative estimate of drug-likeness (QED) is 0.770. The highest BCUT2D eigenvalue weighted by Gasteiger charge is 2.13. The summed E-state index contributed by atoms with van der Waals surface area (Å²) in [6.45, 7) is 1.84. The molecular formula is C20H16FNO2. The lowest BCUT2D eigenvalue weighted by Crippen LogP contribution is -2.04. The first-order valence-electron chi connectivity index (χ1n) is 7.57. The first kappa shape index (κ1) is 15.9. The van der Waals surface area contributed by atoms with E-state index in [1.807, 2.05) is 31.2 Å². The maximum absolute atomic E-state index is 14.4. The van der Waals surface area contributed by atoms with Crippen molar-refractivity contribution >= 4 is 5.97 Å². The summed E-state index contributed by atoms with van der Waals surface area (Å²) in [6.07, 6.45) is 1.91. The van der Waals surface area contributed by atoms with Crippen molar-refractivity contribution in [1.29, 1.82) is 0 Å². The second-order valence-corrected chi connectivity index (χ2v) is 5.68. The van der Waals surface area contributed by atoms with Gasteiger partial charge in [-0.2, -0.15) is 0 Å². The van der Waals surface area contributed by atoms with Crippen molar-refractivity contribution in [3.8, 4) is 11.3 Å². The predicted molar refractivity (Wildman–Crippen MR) is 90.6 cm³/mol. The minimum absolute atomic E-state index is 0.238. The molecule has 0 aliphatic heterocycles. The fourth-order valence-corrected chi connectivity index (χ4v) is 2.65. The van der Waals surface area contributed by atoms with E-state index < -0.39 is 11.8 Å². The van der Waals surface area contributed by atoms with Crippen molar-refractivity contribution in [3.63, 3.8) is 0 Å². The van der Waals surface area contributed by atoms with Crippen molar-refractivity contribution in [3.05, 3.63) is 88.9 Å². The minimum Gasteiger partial charge on any atom is -0.478 e. The summed E-state index contributed by atoms with van der Waals surface area (Å²) in [7, 11) is 0. The molecule has 0 atom stereocenters. The standard InChI is InChI=1S/C20H16FNO2/c1-13-7-8-16(17(9-13)20(23)24)10-14-11-18(21)19(22-12-14)15-5-3-2-4-6-15/h2-9,11-12H,10H2,1H3,(H,23,24). The number of halogens is 1. The van der Waals surface area contributed by atoms with Crippen molar-refractivity contribution < 1.29 is 14.3 Å². The van der Waals surface area contributed by atoms with Crippen LogP contribution in [0.1, 0.15) is 27.0 Å². The summed E-state index contributed by atoms with van der Waals surface area (Å²) < 4.78 is 14.4. The van der Waals surface area contributed by atoms with Gasteiger partial charge in [-0.05, 0) is 36.6 Å². The van der Waals surface area contributed by atoms with Crippen LogP contribution in [0.25, 0.3) is 11.3 Å². The number of carbonyl (C=O) groups is 1. The number of nitrogens with zero attached hydrogens (tertiary/aromatic N) is 1. The molecule has 0 spiro atoms. The fourth-order valence-electron chi connectivity index (χ4n) is 2.65. The first-order valence-corrected chi connectivity index (χ1v) is 7.57.